The van der Waals surface area contributed by atoms with Crippen LogP contribution in [0.1, 0.15) is 15.9 Å². The van der Waals surface area contributed by atoms with Gasteiger partial charge in [0.05, 0.1) is 21.2 Å². The van der Waals surface area contributed by atoms with E-state index >= 15 is 0 Å². The summed E-state index contributed by atoms with van der Waals surface area (Å²) in [5.74, 6) is -0.616. The van der Waals surface area contributed by atoms with E-state index in [9.17, 15) is 26.4 Å². The molecule has 0 saturated heterocycles. The summed E-state index contributed by atoms with van der Waals surface area (Å²) in [4.78, 5) is 11.9. The summed E-state index contributed by atoms with van der Waals surface area (Å²) in [6.45, 7) is 0.0632. The van der Waals surface area contributed by atoms with Gasteiger partial charge in [-0.1, -0.05) is 23.2 Å². The van der Waals surface area contributed by atoms with Crippen molar-refractivity contribution in [2.75, 3.05) is 11.5 Å². The van der Waals surface area contributed by atoms with Gasteiger partial charge in [-0.15, -0.1) is 0 Å². The Balaban J connectivity index is 2.01. The molecule has 1 aliphatic heterocycles. The third-order valence-electron chi connectivity index (χ3n) is 3.82. The quantitative estimate of drug-likeness (QED) is 0.637. The number of Topliss-reactive ketones (excluding diaryl/α,β-unsaturated/α-hetero) is 1. The predicted molar refractivity (Wildman–Crippen MR) is 100 cm³/mol. The number of anilines is 1. The lowest BCUT2D eigenvalue weighted by Gasteiger charge is -2.15. The van der Waals surface area contributed by atoms with E-state index in [1.807, 2.05) is 0 Å². The first kappa shape index (κ1) is 21.3. The summed E-state index contributed by atoms with van der Waals surface area (Å²) < 4.78 is 71.5. The molecular weight excluding hydrogens is 456 g/mol. The highest BCUT2D eigenvalue weighted by atomic mass is 35.5. The monoisotopic (exact) mass is 466 g/mol. The third kappa shape index (κ3) is 4.60. The molecule has 1 aliphatic rings. The Labute approximate surface area is 173 Å². The van der Waals surface area contributed by atoms with E-state index in [0.29, 0.717) is 6.07 Å². The zero-order valence-electron chi connectivity index (χ0n) is 14.2. The zero-order chi connectivity index (χ0) is 21.4. The van der Waals surface area contributed by atoms with Crippen LogP contribution in [0.3, 0.4) is 0 Å². The average molecular weight is 467 g/mol. The first-order valence-electron chi connectivity index (χ1n) is 7.78. The molecule has 0 saturated carbocycles. The summed E-state index contributed by atoms with van der Waals surface area (Å²) in [5.41, 5.74) is -1.52. The normalized spacial score (nSPS) is 14.0. The molecule has 0 unspecified atom stereocenters. The smallest absolute Gasteiger partial charge is 0.417 e. The fourth-order valence-electron chi connectivity index (χ4n) is 2.45. The fourth-order valence-corrected chi connectivity index (χ4v) is 3.95. The average Bonchev–Trinajstić information content (AvgIpc) is 3.16. The first-order chi connectivity index (χ1) is 13.5. The highest BCUT2D eigenvalue weighted by molar-refractivity contribution is 7.92. The van der Waals surface area contributed by atoms with Crippen molar-refractivity contribution >= 4 is 44.7 Å². The number of ether oxygens (including phenoxy) is 1. The van der Waals surface area contributed by atoms with Crippen LogP contribution in [0.5, 0.6) is 0 Å². The molecule has 29 heavy (non-hydrogen) atoms. The van der Waals surface area contributed by atoms with E-state index in [1.54, 1.807) is 0 Å². The van der Waals surface area contributed by atoms with E-state index in [1.165, 1.54) is 18.2 Å². The van der Waals surface area contributed by atoms with Crippen molar-refractivity contribution in [1.82, 2.24) is 5.32 Å². The summed E-state index contributed by atoms with van der Waals surface area (Å²) in [5, 5.41) is 2.17. The van der Waals surface area contributed by atoms with Crippen LogP contribution in [0, 0.1) is 0 Å². The predicted octanol–water partition coefficient (Wildman–Crippen LogP) is 4.41. The van der Waals surface area contributed by atoms with Gasteiger partial charge in [-0.25, -0.2) is 8.42 Å². The molecule has 2 aromatic rings. The minimum atomic E-state index is -4.84. The number of nitrogens with one attached hydrogen (secondary N) is 2. The van der Waals surface area contributed by atoms with E-state index in [4.69, 9.17) is 27.9 Å². The summed E-state index contributed by atoms with van der Waals surface area (Å²) in [6, 6.07) is 5.95. The Morgan fingerprint density at radius 2 is 1.86 bits per heavy atom. The number of hydrogen-bond donors (Lipinski definition) is 2. The first-order valence-corrected chi connectivity index (χ1v) is 10.0. The molecule has 0 spiro atoms. The highest BCUT2D eigenvalue weighted by Gasteiger charge is 2.34. The molecule has 0 atom stereocenters. The molecule has 0 aromatic heterocycles. The van der Waals surface area contributed by atoms with Crippen LogP contribution >= 0.6 is 23.2 Å². The lowest BCUT2D eigenvalue weighted by atomic mass is 10.1. The molecule has 2 N–H and O–H groups in total. The van der Waals surface area contributed by atoms with Crippen molar-refractivity contribution < 1.29 is 31.1 Å². The number of allylic oxidation sites excluding steroid dienone is 1. The topological polar surface area (TPSA) is 84.5 Å². The van der Waals surface area contributed by atoms with E-state index in [2.05, 4.69) is 10.0 Å². The fraction of sp³-hybridized carbons (Fsp3) is 0.118. The number of hydrogen-bond acceptors (Lipinski definition) is 5. The minimum absolute atomic E-state index is 0.0632. The number of rotatable bonds is 5. The van der Waals surface area contributed by atoms with Crippen molar-refractivity contribution in [3.63, 3.8) is 0 Å². The number of halogens is 5. The lowest BCUT2D eigenvalue weighted by Crippen LogP contribution is -2.20. The van der Waals surface area contributed by atoms with E-state index in [0.717, 1.165) is 18.4 Å². The number of alkyl halides is 3. The van der Waals surface area contributed by atoms with Gasteiger partial charge >= 0.3 is 6.18 Å². The number of ketones is 1. The van der Waals surface area contributed by atoms with Crippen molar-refractivity contribution in [2.45, 2.75) is 11.1 Å². The Morgan fingerprint density at radius 3 is 2.48 bits per heavy atom. The molecule has 3 rings (SSSR count). The van der Waals surface area contributed by atoms with Gasteiger partial charge in [-0.05, 0) is 36.4 Å². The Hall–Kier alpha value is -2.43. The molecule has 154 valence electrons. The van der Waals surface area contributed by atoms with Crippen LogP contribution in [0.25, 0.3) is 0 Å². The highest BCUT2D eigenvalue weighted by Crippen LogP contribution is 2.36. The van der Waals surface area contributed by atoms with Gasteiger partial charge in [0.2, 0.25) is 5.78 Å². The van der Waals surface area contributed by atoms with Crippen molar-refractivity contribution in [1.29, 1.82) is 0 Å². The molecule has 1 heterocycles. The molecule has 0 aliphatic carbocycles. The number of sulfonamides is 1. The van der Waals surface area contributed by atoms with Gasteiger partial charge in [-0.2, -0.15) is 13.2 Å². The number of carbonyl (C=O) groups excluding carboxylic acids is 1. The van der Waals surface area contributed by atoms with Crippen LogP contribution in [0.4, 0.5) is 18.9 Å². The largest absolute Gasteiger partial charge is 0.479 e. The summed E-state index contributed by atoms with van der Waals surface area (Å²) in [6.07, 6.45) is -3.68. The molecule has 0 fully saturated rings. The molecule has 0 amide bonds. The summed E-state index contributed by atoms with van der Waals surface area (Å²) >= 11 is 11.4. The molecule has 6 nitrogen and oxygen atoms in total. The summed E-state index contributed by atoms with van der Waals surface area (Å²) in [7, 11) is -4.48. The maximum absolute atomic E-state index is 13.0. The second-order valence-corrected chi connectivity index (χ2v) is 8.31. The molecule has 0 radical (unpaired) electrons. The van der Waals surface area contributed by atoms with Gasteiger partial charge in [-0.3, -0.25) is 9.52 Å². The number of carbonyl (C=O) groups is 1. The van der Waals surface area contributed by atoms with Crippen LogP contribution in [0.15, 0.2) is 53.3 Å². The third-order valence-corrected chi connectivity index (χ3v) is 5.74. The van der Waals surface area contributed by atoms with Crippen LogP contribution in [-0.2, 0) is 20.9 Å². The lowest BCUT2D eigenvalue weighted by molar-refractivity contribution is -0.137. The minimum Gasteiger partial charge on any atom is -0.479 e. The standard InChI is InChI=1S/C17H11Cl2F3N2O4S/c18-9-1-4-14(11(5-9)16(25)15-7-28-8-23-15)24-29(26,27)10-2-3-13(19)12(6-10)17(20,21)22/h1-7,23-24H,8H2. The second-order valence-electron chi connectivity index (χ2n) is 5.78. The van der Waals surface area contributed by atoms with E-state index in [-0.39, 0.29) is 28.7 Å². The molecule has 0 bridgehead atoms. The maximum Gasteiger partial charge on any atom is 0.417 e. The van der Waals surface area contributed by atoms with Crippen LogP contribution in [-0.4, -0.2) is 20.9 Å². The Morgan fingerprint density at radius 1 is 1.14 bits per heavy atom. The maximum atomic E-state index is 13.0. The van der Waals surface area contributed by atoms with Gasteiger partial charge < -0.3 is 10.1 Å². The van der Waals surface area contributed by atoms with Crippen molar-refractivity contribution in [3.05, 3.63) is 69.5 Å². The van der Waals surface area contributed by atoms with Gasteiger partial charge in [0.1, 0.15) is 12.0 Å². The van der Waals surface area contributed by atoms with Crippen LogP contribution in [0.2, 0.25) is 10.0 Å². The van der Waals surface area contributed by atoms with Crippen LogP contribution < -0.4 is 10.0 Å². The van der Waals surface area contributed by atoms with Gasteiger partial charge in [0.25, 0.3) is 10.0 Å². The second kappa shape index (κ2) is 7.77. The number of benzene rings is 2. The van der Waals surface area contributed by atoms with Gasteiger partial charge in [0, 0.05) is 10.6 Å². The molecule has 2 aromatic carbocycles. The molecular formula is C17H11Cl2F3N2O4S. The zero-order valence-corrected chi connectivity index (χ0v) is 16.5. The van der Waals surface area contributed by atoms with Crippen molar-refractivity contribution in [2.24, 2.45) is 0 Å². The van der Waals surface area contributed by atoms with E-state index < -0.39 is 37.5 Å². The SMILES string of the molecule is O=C(C1=COCN1)c1cc(Cl)ccc1NS(=O)(=O)c1ccc(Cl)c(C(F)(F)F)c1. The van der Waals surface area contributed by atoms with Gasteiger partial charge in [0.15, 0.2) is 6.73 Å². The Kier molecular flexibility index (Phi) is 5.70. The molecule has 12 heteroatoms. The Bertz CT molecular complexity index is 1120. The van der Waals surface area contributed by atoms with Crippen molar-refractivity contribution in [3.8, 4) is 0 Å².